The van der Waals surface area contributed by atoms with Gasteiger partial charge < -0.3 is 19.9 Å². The number of fused-ring (bicyclic) bond motifs is 1. The maximum Gasteiger partial charge on any atom is 0.311 e. The van der Waals surface area contributed by atoms with E-state index in [1.807, 2.05) is 0 Å². The molecule has 1 saturated carbocycles. The molecule has 2 aromatic carbocycles. The number of halogens is 3. The van der Waals surface area contributed by atoms with Crippen LogP contribution in [0.2, 0.25) is 0 Å². The van der Waals surface area contributed by atoms with Crippen LogP contribution in [-0.2, 0) is 16.0 Å². The second kappa shape index (κ2) is 8.33. The van der Waals surface area contributed by atoms with Gasteiger partial charge in [0.05, 0.1) is 17.5 Å². The molecule has 3 aromatic rings. The quantitative estimate of drug-likeness (QED) is 0.387. The molecule has 1 aromatic heterocycles. The van der Waals surface area contributed by atoms with E-state index in [1.165, 1.54) is 30.3 Å². The number of H-pyrrole nitrogens is 1. The standard InChI is InChI=1S/C22H21F3N2O4/c23-13-3-1-12(2-4-13)18-15(16-9-14(24)10-17(25)19(16)27-18)5-8-26-21(30)31-11-22(6-7-22)20(28)29/h1-4,9-10,21,26-27,30H,5-8,11H2,(H,28,29). The number of ether oxygens (including phenoxy) is 1. The van der Waals surface area contributed by atoms with Gasteiger partial charge in [-0.3, -0.25) is 10.1 Å². The van der Waals surface area contributed by atoms with Crippen molar-refractivity contribution in [3.8, 4) is 11.3 Å². The molecule has 0 radical (unpaired) electrons. The summed E-state index contributed by atoms with van der Waals surface area (Å²) in [7, 11) is 0. The molecule has 0 saturated heterocycles. The molecule has 4 rings (SSSR count). The van der Waals surface area contributed by atoms with Crippen molar-refractivity contribution < 1.29 is 32.9 Å². The van der Waals surface area contributed by atoms with Crippen molar-refractivity contribution in [2.45, 2.75) is 25.7 Å². The monoisotopic (exact) mass is 434 g/mol. The number of aliphatic hydroxyl groups excluding tert-OH is 1. The Balaban J connectivity index is 1.51. The highest BCUT2D eigenvalue weighted by atomic mass is 19.1. The number of hydrogen-bond acceptors (Lipinski definition) is 4. The molecule has 0 spiro atoms. The van der Waals surface area contributed by atoms with Gasteiger partial charge >= 0.3 is 5.97 Å². The van der Waals surface area contributed by atoms with Gasteiger partial charge in [0.2, 0.25) is 6.41 Å². The number of benzene rings is 2. The van der Waals surface area contributed by atoms with Crippen LogP contribution >= 0.6 is 0 Å². The third-order valence-electron chi connectivity index (χ3n) is 5.58. The van der Waals surface area contributed by atoms with Gasteiger partial charge in [-0.1, -0.05) is 0 Å². The van der Waals surface area contributed by atoms with Crippen molar-refractivity contribution in [2.75, 3.05) is 13.2 Å². The van der Waals surface area contributed by atoms with Crippen molar-refractivity contribution in [1.82, 2.24) is 10.3 Å². The zero-order valence-electron chi connectivity index (χ0n) is 16.4. The van der Waals surface area contributed by atoms with Gasteiger partial charge in [-0.25, -0.2) is 13.2 Å². The number of aromatic amines is 1. The molecule has 1 atom stereocenters. The van der Waals surface area contributed by atoms with Gasteiger partial charge in [0.15, 0.2) is 0 Å². The van der Waals surface area contributed by atoms with Gasteiger partial charge in [0, 0.05) is 23.7 Å². The largest absolute Gasteiger partial charge is 0.481 e. The minimum absolute atomic E-state index is 0.110. The summed E-state index contributed by atoms with van der Waals surface area (Å²) in [6, 6.07) is 7.60. The Morgan fingerprint density at radius 2 is 1.87 bits per heavy atom. The van der Waals surface area contributed by atoms with E-state index in [2.05, 4.69) is 10.3 Å². The van der Waals surface area contributed by atoms with Crippen LogP contribution in [0.3, 0.4) is 0 Å². The topological polar surface area (TPSA) is 94.6 Å². The number of aliphatic hydroxyl groups is 1. The molecule has 0 amide bonds. The highest BCUT2D eigenvalue weighted by Crippen LogP contribution is 2.46. The lowest BCUT2D eigenvalue weighted by Crippen LogP contribution is -2.36. The van der Waals surface area contributed by atoms with Crippen molar-refractivity contribution >= 4 is 16.9 Å². The molecule has 1 unspecified atom stereocenters. The maximum atomic E-state index is 14.3. The highest BCUT2D eigenvalue weighted by molar-refractivity contribution is 5.91. The molecular formula is C22H21F3N2O4. The van der Waals surface area contributed by atoms with E-state index < -0.39 is 35.2 Å². The third kappa shape index (κ3) is 4.43. The Labute approximate surface area is 175 Å². The summed E-state index contributed by atoms with van der Waals surface area (Å²) < 4.78 is 46.7. The number of aromatic nitrogens is 1. The van der Waals surface area contributed by atoms with Crippen molar-refractivity contribution in [2.24, 2.45) is 5.41 Å². The number of carbonyl (C=O) groups is 1. The van der Waals surface area contributed by atoms with Crippen LogP contribution in [0.4, 0.5) is 13.2 Å². The molecule has 4 N–H and O–H groups in total. The van der Waals surface area contributed by atoms with E-state index in [0.29, 0.717) is 35.0 Å². The molecule has 0 aliphatic heterocycles. The minimum Gasteiger partial charge on any atom is -0.481 e. The van der Waals surface area contributed by atoms with Crippen molar-refractivity contribution in [1.29, 1.82) is 0 Å². The number of nitrogens with one attached hydrogen (secondary N) is 2. The average molecular weight is 434 g/mol. The minimum atomic E-state index is -1.38. The molecule has 1 aliphatic rings. The Morgan fingerprint density at radius 1 is 1.16 bits per heavy atom. The van der Waals surface area contributed by atoms with E-state index in [9.17, 15) is 23.1 Å². The Morgan fingerprint density at radius 3 is 2.52 bits per heavy atom. The summed E-state index contributed by atoms with van der Waals surface area (Å²) in [5.74, 6) is -2.85. The smallest absolute Gasteiger partial charge is 0.311 e. The predicted molar refractivity (Wildman–Crippen MR) is 107 cm³/mol. The first-order chi connectivity index (χ1) is 14.8. The van der Waals surface area contributed by atoms with Crippen LogP contribution in [0.5, 0.6) is 0 Å². The van der Waals surface area contributed by atoms with Crippen LogP contribution in [0, 0.1) is 22.9 Å². The molecule has 1 aliphatic carbocycles. The third-order valence-corrected chi connectivity index (χ3v) is 5.58. The second-order valence-corrected chi connectivity index (χ2v) is 7.75. The average Bonchev–Trinajstić information content (AvgIpc) is 3.44. The zero-order valence-corrected chi connectivity index (χ0v) is 16.4. The Hall–Kier alpha value is -2.88. The van der Waals surface area contributed by atoms with Crippen molar-refractivity contribution in [3.63, 3.8) is 0 Å². The summed E-state index contributed by atoms with van der Waals surface area (Å²) in [4.78, 5) is 14.1. The van der Waals surface area contributed by atoms with E-state index in [-0.39, 0.29) is 25.1 Å². The molecule has 164 valence electrons. The van der Waals surface area contributed by atoms with Gasteiger partial charge in [0.25, 0.3) is 0 Å². The molecule has 0 bridgehead atoms. The van der Waals surface area contributed by atoms with E-state index in [0.717, 1.165) is 6.07 Å². The summed E-state index contributed by atoms with van der Waals surface area (Å²) in [6.45, 7) is 0.0708. The summed E-state index contributed by atoms with van der Waals surface area (Å²) in [6.07, 6.45) is -0.115. The lowest BCUT2D eigenvalue weighted by Gasteiger charge is -2.17. The van der Waals surface area contributed by atoms with Crippen LogP contribution in [0.15, 0.2) is 36.4 Å². The van der Waals surface area contributed by atoms with E-state index >= 15 is 0 Å². The lowest BCUT2D eigenvalue weighted by atomic mass is 10.0. The number of carboxylic acid groups (broad SMARTS) is 1. The van der Waals surface area contributed by atoms with Crippen molar-refractivity contribution in [3.05, 3.63) is 59.4 Å². The highest BCUT2D eigenvalue weighted by Gasteiger charge is 2.50. The van der Waals surface area contributed by atoms with Crippen LogP contribution in [0.25, 0.3) is 22.2 Å². The summed E-state index contributed by atoms with van der Waals surface area (Å²) >= 11 is 0. The first-order valence-electron chi connectivity index (χ1n) is 9.81. The maximum absolute atomic E-state index is 14.3. The fourth-order valence-corrected chi connectivity index (χ4v) is 3.59. The van der Waals surface area contributed by atoms with Gasteiger partial charge in [-0.2, -0.15) is 0 Å². The Kier molecular flexibility index (Phi) is 5.74. The number of rotatable bonds is 9. The van der Waals surface area contributed by atoms with Crippen LogP contribution < -0.4 is 5.32 Å². The van der Waals surface area contributed by atoms with E-state index in [4.69, 9.17) is 9.84 Å². The fraction of sp³-hybridized carbons (Fsp3) is 0.318. The van der Waals surface area contributed by atoms with Gasteiger partial charge in [-0.15, -0.1) is 0 Å². The lowest BCUT2D eigenvalue weighted by molar-refractivity contribution is -0.158. The van der Waals surface area contributed by atoms with E-state index in [1.54, 1.807) is 0 Å². The normalized spacial score (nSPS) is 15.9. The van der Waals surface area contributed by atoms with Crippen LogP contribution in [0.1, 0.15) is 18.4 Å². The number of hydrogen-bond donors (Lipinski definition) is 4. The van der Waals surface area contributed by atoms with Gasteiger partial charge in [0.1, 0.15) is 17.5 Å². The molecule has 31 heavy (non-hydrogen) atoms. The molecule has 6 nitrogen and oxygen atoms in total. The Bertz CT molecular complexity index is 1110. The van der Waals surface area contributed by atoms with Gasteiger partial charge in [-0.05, 0) is 60.7 Å². The van der Waals surface area contributed by atoms with Crippen LogP contribution in [-0.4, -0.2) is 40.7 Å². The number of carboxylic acids is 1. The predicted octanol–water partition coefficient (Wildman–Crippen LogP) is 3.54. The fourth-order valence-electron chi connectivity index (χ4n) is 3.59. The summed E-state index contributed by atoms with van der Waals surface area (Å²) in [5, 5.41) is 22.2. The zero-order chi connectivity index (χ0) is 22.2. The molecule has 9 heteroatoms. The molecule has 1 heterocycles. The second-order valence-electron chi connectivity index (χ2n) is 7.75. The number of aliphatic carboxylic acids is 1. The SMILES string of the molecule is O=C(O)C1(COC(O)NCCc2c(-c3ccc(F)cc3)[nH]c3c(F)cc(F)cc23)CC1. The first-order valence-corrected chi connectivity index (χ1v) is 9.81. The molecule has 1 fully saturated rings. The molecular weight excluding hydrogens is 413 g/mol. The first kappa shape index (κ1) is 21.4. The summed E-state index contributed by atoms with van der Waals surface area (Å²) in [5.41, 5.74) is 0.902.